The van der Waals surface area contributed by atoms with Crippen LogP contribution in [-0.4, -0.2) is 5.91 Å². The fourth-order valence-corrected chi connectivity index (χ4v) is 3.82. The van der Waals surface area contributed by atoms with Crippen LogP contribution in [0.1, 0.15) is 60.0 Å². The van der Waals surface area contributed by atoms with Crippen molar-refractivity contribution in [2.45, 2.75) is 58.9 Å². The molecule has 3 rings (SSSR count). The van der Waals surface area contributed by atoms with Crippen LogP contribution in [-0.2, 0) is 17.6 Å². The first kappa shape index (κ1) is 20.7. The van der Waals surface area contributed by atoms with E-state index in [0.29, 0.717) is 0 Å². The van der Waals surface area contributed by atoms with Gasteiger partial charge >= 0.3 is 0 Å². The van der Waals surface area contributed by atoms with E-state index in [-0.39, 0.29) is 17.5 Å². The van der Waals surface area contributed by atoms with Gasteiger partial charge in [-0.1, -0.05) is 37.3 Å². The zero-order valence-corrected chi connectivity index (χ0v) is 17.5. The number of rotatable bonds is 6. The summed E-state index contributed by atoms with van der Waals surface area (Å²) in [4.78, 5) is 12.7. The lowest BCUT2D eigenvalue weighted by Crippen LogP contribution is -2.29. The fourth-order valence-electron chi connectivity index (χ4n) is 3.82. The van der Waals surface area contributed by atoms with E-state index < -0.39 is 0 Å². The highest BCUT2D eigenvalue weighted by Gasteiger charge is 2.18. The van der Waals surface area contributed by atoms with Crippen LogP contribution in [0.25, 0.3) is 0 Å². The Morgan fingerprint density at radius 1 is 1.14 bits per heavy atom. The maximum atomic E-state index is 12.7. The number of benzene rings is 2. The van der Waals surface area contributed by atoms with Crippen molar-refractivity contribution in [3.8, 4) is 6.07 Å². The molecule has 4 nitrogen and oxygen atoms in total. The van der Waals surface area contributed by atoms with Gasteiger partial charge in [0, 0.05) is 11.9 Å². The van der Waals surface area contributed by atoms with Gasteiger partial charge in [-0.05, 0) is 79.8 Å². The van der Waals surface area contributed by atoms with Gasteiger partial charge in [0.25, 0.3) is 5.91 Å². The van der Waals surface area contributed by atoms with Gasteiger partial charge in [-0.2, -0.15) is 5.26 Å². The molecule has 0 radical (unpaired) electrons. The Bertz CT molecular complexity index is 969. The normalized spacial score (nSPS) is 14.5. The number of fused-ring (bicyclic) bond motifs is 1. The molecule has 150 valence electrons. The van der Waals surface area contributed by atoms with Gasteiger partial charge in [0.2, 0.25) is 0 Å². The Balaban J connectivity index is 1.73. The van der Waals surface area contributed by atoms with Crippen LogP contribution >= 0.6 is 0 Å². The van der Waals surface area contributed by atoms with Crippen LogP contribution in [0.3, 0.4) is 0 Å². The van der Waals surface area contributed by atoms with Crippen molar-refractivity contribution >= 4 is 11.6 Å². The predicted molar refractivity (Wildman–Crippen MR) is 117 cm³/mol. The first-order chi connectivity index (χ1) is 14.0. The molecular weight excluding hydrogens is 358 g/mol. The minimum absolute atomic E-state index is 0.0716. The Kier molecular flexibility index (Phi) is 6.72. The molecule has 0 saturated heterocycles. The second-order valence-corrected chi connectivity index (χ2v) is 7.80. The third-order valence-electron chi connectivity index (χ3n) is 5.62. The van der Waals surface area contributed by atoms with Crippen LogP contribution < -0.4 is 10.6 Å². The molecule has 1 aliphatic rings. The summed E-state index contributed by atoms with van der Waals surface area (Å²) in [6.07, 6.45) is 7.00. The van der Waals surface area contributed by atoms with E-state index in [0.717, 1.165) is 41.6 Å². The average Bonchev–Trinajstić information content (AvgIpc) is 2.74. The molecule has 2 N–H and O–H groups in total. The van der Waals surface area contributed by atoms with E-state index in [1.165, 1.54) is 30.2 Å². The standard InChI is InChI=1S/C25H29N3O/c1-4-23(21-12-11-19-7-5-6-8-20(19)14-21)28-25(29)22(15-26)16-27-24-13-17(2)9-10-18(24)3/h9-14,16,23,27H,4-8H2,1-3H3,(H,28,29)/b22-16-. The summed E-state index contributed by atoms with van der Waals surface area (Å²) in [5, 5.41) is 15.6. The lowest BCUT2D eigenvalue weighted by atomic mass is 9.88. The third-order valence-corrected chi connectivity index (χ3v) is 5.62. The molecular formula is C25H29N3O. The Morgan fingerprint density at radius 2 is 1.90 bits per heavy atom. The number of amides is 1. The van der Waals surface area contributed by atoms with E-state index in [1.54, 1.807) is 0 Å². The second-order valence-electron chi connectivity index (χ2n) is 7.80. The Labute approximate surface area is 173 Å². The second kappa shape index (κ2) is 9.43. The summed E-state index contributed by atoms with van der Waals surface area (Å²) >= 11 is 0. The molecule has 0 aromatic heterocycles. The monoisotopic (exact) mass is 387 g/mol. The minimum atomic E-state index is -0.352. The third kappa shape index (κ3) is 5.06. The topological polar surface area (TPSA) is 64.9 Å². The lowest BCUT2D eigenvalue weighted by molar-refractivity contribution is -0.117. The molecule has 1 unspecified atom stereocenters. The highest BCUT2D eigenvalue weighted by molar-refractivity contribution is 5.97. The lowest BCUT2D eigenvalue weighted by Gasteiger charge is -2.21. The number of carbonyl (C=O) groups is 1. The number of hydrogen-bond donors (Lipinski definition) is 2. The van der Waals surface area contributed by atoms with Gasteiger partial charge in [-0.15, -0.1) is 0 Å². The Morgan fingerprint density at radius 3 is 2.62 bits per heavy atom. The number of nitriles is 1. The molecule has 1 amide bonds. The molecule has 1 aliphatic carbocycles. The number of nitrogens with one attached hydrogen (secondary N) is 2. The molecule has 1 atom stereocenters. The molecule has 0 spiro atoms. The van der Waals surface area contributed by atoms with Crippen molar-refractivity contribution < 1.29 is 4.79 Å². The van der Waals surface area contributed by atoms with E-state index in [2.05, 4.69) is 35.8 Å². The number of carbonyl (C=O) groups excluding carboxylic acids is 1. The molecule has 29 heavy (non-hydrogen) atoms. The van der Waals surface area contributed by atoms with Crippen LogP contribution in [0.5, 0.6) is 0 Å². The fraction of sp³-hybridized carbons (Fsp3) is 0.360. The maximum Gasteiger partial charge on any atom is 0.263 e. The average molecular weight is 388 g/mol. The molecule has 4 heteroatoms. The van der Waals surface area contributed by atoms with Crippen molar-refractivity contribution in [2.24, 2.45) is 0 Å². The number of aryl methyl sites for hydroxylation is 4. The molecule has 0 aliphatic heterocycles. The molecule has 0 heterocycles. The van der Waals surface area contributed by atoms with E-state index in [9.17, 15) is 10.1 Å². The Hall–Kier alpha value is -3.06. The molecule has 0 saturated carbocycles. The summed E-state index contributed by atoms with van der Waals surface area (Å²) in [6.45, 7) is 6.05. The maximum absolute atomic E-state index is 12.7. The smallest absolute Gasteiger partial charge is 0.263 e. The van der Waals surface area contributed by atoms with Gasteiger partial charge in [-0.25, -0.2) is 0 Å². The van der Waals surface area contributed by atoms with Gasteiger partial charge in [0.15, 0.2) is 0 Å². The number of hydrogen-bond acceptors (Lipinski definition) is 3. The number of anilines is 1. The number of nitrogens with zero attached hydrogens (tertiary/aromatic N) is 1. The first-order valence-corrected chi connectivity index (χ1v) is 10.4. The van der Waals surface area contributed by atoms with Crippen molar-refractivity contribution in [1.82, 2.24) is 5.32 Å². The van der Waals surface area contributed by atoms with Gasteiger partial charge in [0.1, 0.15) is 11.6 Å². The van der Waals surface area contributed by atoms with Crippen LogP contribution in [0.2, 0.25) is 0 Å². The minimum Gasteiger partial charge on any atom is -0.360 e. The van der Waals surface area contributed by atoms with E-state index in [4.69, 9.17) is 0 Å². The quantitative estimate of drug-likeness (QED) is 0.524. The summed E-state index contributed by atoms with van der Waals surface area (Å²) in [7, 11) is 0. The zero-order valence-electron chi connectivity index (χ0n) is 17.5. The zero-order chi connectivity index (χ0) is 20.8. The molecule has 0 fully saturated rings. The predicted octanol–water partition coefficient (Wildman–Crippen LogP) is 5.27. The van der Waals surface area contributed by atoms with Crippen LogP contribution in [0.15, 0.2) is 48.2 Å². The summed E-state index contributed by atoms with van der Waals surface area (Å²) in [5.41, 5.74) is 7.08. The van der Waals surface area contributed by atoms with Crippen molar-refractivity contribution in [2.75, 3.05) is 5.32 Å². The molecule has 0 bridgehead atoms. The van der Waals surface area contributed by atoms with Crippen LogP contribution in [0.4, 0.5) is 5.69 Å². The molecule has 2 aromatic rings. The summed E-state index contributed by atoms with van der Waals surface area (Å²) in [5.74, 6) is -0.352. The summed E-state index contributed by atoms with van der Waals surface area (Å²) < 4.78 is 0. The first-order valence-electron chi connectivity index (χ1n) is 10.4. The van der Waals surface area contributed by atoms with Gasteiger partial charge in [-0.3, -0.25) is 4.79 Å². The van der Waals surface area contributed by atoms with Gasteiger partial charge in [0.05, 0.1) is 6.04 Å². The highest BCUT2D eigenvalue weighted by atomic mass is 16.1. The summed E-state index contributed by atoms with van der Waals surface area (Å²) in [6, 6.07) is 14.5. The van der Waals surface area contributed by atoms with E-state index >= 15 is 0 Å². The van der Waals surface area contributed by atoms with Crippen molar-refractivity contribution in [3.05, 3.63) is 76.0 Å². The van der Waals surface area contributed by atoms with E-state index in [1.807, 2.05) is 38.1 Å². The van der Waals surface area contributed by atoms with Gasteiger partial charge < -0.3 is 10.6 Å². The van der Waals surface area contributed by atoms with Crippen molar-refractivity contribution in [3.63, 3.8) is 0 Å². The highest BCUT2D eigenvalue weighted by Crippen LogP contribution is 2.26. The van der Waals surface area contributed by atoms with Crippen molar-refractivity contribution in [1.29, 1.82) is 5.26 Å². The van der Waals surface area contributed by atoms with Crippen LogP contribution in [0, 0.1) is 25.2 Å². The molecule has 2 aromatic carbocycles. The largest absolute Gasteiger partial charge is 0.360 e. The SMILES string of the molecule is CCC(NC(=O)/C(C#N)=C\Nc1cc(C)ccc1C)c1ccc2c(c1)CCCC2.